The fraction of sp³-hybridized carbons (Fsp3) is 0. The molecule has 0 amide bonds. The number of imidazole rings is 1. The molecule has 0 aliphatic carbocycles. The minimum absolute atomic E-state index is 0.430. The van der Waals surface area contributed by atoms with Gasteiger partial charge in [-0.2, -0.15) is 10.4 Å². The van der Waals surface area contributed by atoms with Crippen LogP contribution in [0.5, 0.6) is 0 Å². The third kappa shape index (κ3) is 3.73. The van der Waals surface area contributed by atoms with Crippen LogP contribution in [-0.2, 0) is 0 Å². The molecule has 3 aromatic carbocycles. The van der Waals surface area contributed by atoms with Gasteiger partial charge in [0, 0.05) is 22.3 Å². The number of aromatic nitrogens is 4. The van der Waals surface area contributed by atoms with Crippen LogP contribution in [0, 0.1) is 11.3 Å². The Labute approximate surface area is 183 Å². The van der Waals surface area contributed by atoms with Gasteiger partial charge in [0.1, 0.15) is 11.9 Å². The van der Waals surface area contributed by atoms with E-state index in [4.69, 9.17) is 16.7 Å². The number of aromatic amines is 1. The van der Waals surface area contributed by atoms with Gasteiger partial charge in [0.25, 0.3) is 0 Å². The topological polar surface area (TPSA) is 70.3 Å². The van der Waals surface area contributed by atoms with Crippen molar-refractivity contribution in [2.24, 2.45) is 0 Å². The number of hydrogen-bond donors (Lipinski definition) is 1. The predicted octanol–water partition coefficient (Wildman–Crippen LogP) is 6.13. The molecular weight excluding hydrogens is 406 g/mol. The highest BCUT2D eigenvalue weighted by atomic mass is 35.5. The van der Waals surface area contributed by atoms with Gasteiger partial charge >= 0.3 is 0 Å². The van der Waals surface area contributed by atoms with E-state index in [-0.39, 0.29) is 0 Å². The van der Waals surface area contributed by atoms with E-state index in [1.165, 1.54) is 0 Å². The minimum atomic E-state index is 0.430. The number of benzene rings is 3. The second kappa shape index (κ2) is 7.94. The molecule has 0 atom stereocenters. The van der Waals surface area contributed by atoms with E-state index >= 15 is 0 Å². The number of nitriles is 1. The molecule has 0 unspecified atom stereocenters. The number of rotatable bonds is 4. The summed E-state index contributed by atoms with van der Waals surface area (Å²) in [4.78, 5) is 7.79. The summed E-state index contributed by atoms with van der Waals surface area (Å²) in [6, 6.07) is 27.3. The van der Waals surface area contributed by atoms with E-state index in [0.717, 1.165) is 33.5 Å². The summed E-state index contributed by atoms with van der Waals surface area (Å²) < 4.78 is 1.81. The first-order valence-corrected chi connectivity index (χ1v) is 10.1. The molecule has 0 saturated heterocycles. The number of halogens is 1. The average Bonchev–Trinajstić information content (AvgIpc) is 3.43. The Morgan fingerprint density at radius 1 is 0.968 bits per heavy atom. The average molecular weight is 422 g/mol. The molecule has 0 fully saturated rings. The van der Waals surface area contributed by atoms with Crippen LogP contribution < -0.4 is 0 Å². The molecule has 6 heteroatoms. The predicted molar refractivity (Wildman–Crippen MR) is 124 cm³/mol. The van der Waals surface area contributed by atoms with Gasteiger partial charge in [0.2, 0.25) is 0 Å². The highest BCUT2D eigenvalue weighted by Gasteiger charge is 2.14. The van der Waals surface area contributed by atoms with E-state index in [1.54, 1.807) is 0 Å². The Hall–Kier alpha value is -4.14. The lowest BCUT2D eigenvalue weighted by molar-refractivity contribution is 0.884. The zero-order valence-electron chi connectivity index (χ0n) is 16.3. The van der Waals surface area contributed by atoms with Crippen LogP contribution in [0.1, 0.15) is 11.4 Å². The third-order valence-electron chi connectivity index (χ3n) is 4.95. The van der Waals surface area contributed by atoms with Crippen LogP contribution in [0.3, 0.4) is 0 Å². The van der Waals surface area contributed by atoms with Crippen molar-refractivity contribution in [3.8, 4) is 23.0 Å². The fourth-order valence-electron chi connectivity index (χ4n) is 3.43. The molecule has 0 aliphatic heterocycles. The molecule has 0 bridgehead atoms. The van der Waals surface area contributed by atoms with Crippen LogP contribution in [0.15, 0.2) is 85.1 Å². The summed E-state index contributed by atoms with van der Waals surface area (Å²) in [6.07, 6.45) is 3.73. The van der Waals surface area contributed by atoms with Crippen molar-refractivity contribution in [1.82, 2.24) is 19.7 Å². The number of nitrogens with one attached hydrogen (secondary N) is 1. The molecule has 0 saturated carbocycles. The lowest BCUT2D eigenvalue weighted by atomic mass is 10.1. The summed E-state index contributed by atoms with van der Waals surface area (Å²) in [5.74, 6) is 0.526. The molecule has 5 nitrogen and oxygen atoms in total. The van der Waals surface area contributed by atoms with E-state index in [9.17, 15) is 5.26 Å². The Morgan fingerprint density at radius 2 is 1.71 bits per heavy atom. The molecule has 0 spiro atoms. The van der Waals surface area contributed by atoms with Crippen LogP contribution in [-0.4, -0.2) is 19.7 Å². The monoisotopic (exact) mass is 421 g/mol. The number of H-pyrrole nitrogens is 1. The Morgan fingerprint density at radius 3 is 2.45 bits per heavy atom. The number of nitrogens with zero attached hydrogens (tertiary/aromatic N) is 4. The Balaban J connectivity index is 1.66. The molecule has 5 aromatic rings. The molecule has 31 heavy (non-hydrogen) atoms. The second-order valence-corrected chi connectivity index (χ2v) is 7.43. The van der Waals surface area contributed by atoms with Gasteiger partial charge in [-0.05, 0) is 42.5 Å². The molecule has 5 rings (SSSR count). The zero-order chi connectivity index (χ0) is 21.2. The SMILES string of the molecule is N#CC(=Cc1cn(-c2ccccc2)nc1-c1ccc(Cl)cc1)c1nc2ccccc2[nH]1. The number of allylic oxidation sites excluding steroid dienone is 1. The Bertz CT molecular complexity index is 1400. The fourth-order valence-corrected chi connectivity index (χ4v) is 3.55. The van der Waals surface area contributed by atoms with Crippen LogP contribution in [0.25, 0.3) is 39.6 Å². The van der Waals surface area contributed by atoms with Crippen LogP contribution in [0.4, 0.5) is 0 Å². The van der Waals surface area contributed by atoms with Gasteiger partial charge in [0.05, 0.1) is 28.0 Å². The van der Waals surface area contributed by atoms with E-state index in [1.807, 2.05) is 95.8 Å². The maximum Gasteiger partial charge on any atom is 0.149 e. The van der Waals surface area contributed by atoms with Gasteiger partial charge < -0.3 is 4.98 Å². The number of fused-ring (bicyclic) bond motifs is 1. The first-order chi connectivity index (χ1) is 15.2. The van der Waals surface area contributed by atoms with Crippen LogP contribution in [0.2, 0.25) is 5.02 Å². The van der Waals surface area contributed by atoms with Crippen molar-refractivity contribution in [2.75, 3.05) is 0 Å². The summed E-state index contributed by atoms with van der Waals surface area (Å²) in [5, 5.41) is 15.3. The maximum atomic E-state index is 9.86. The van der Waals surface area contributed by atoms with E-state index in [2.05, 4.69) is 16.0 Å². The molecule has 0 radical (unpaired) electrons. The standard InChI is InChI=1S/C25H16ClN5/c26-20-12-10-17(11-13-20)24-19(16-31(30-24)21-6-2-1-3-7-21)14-18(15-27)25-28-22-8-4-5-9-23(22)29-25/h1-14,16H,(H,28,29). The Kier molecular flexibility index (Phi) is 4.83. The van der Waals surface area contributed by atoms with Crippen LogP contribution >= 0.6 is 11.6 Å². The number of hydrogen-bond acceptors (Lipinski definition) is 3. The lowest BCUT2D eigenvalue weighted by Gasteiger charge is -2.01. The molecule has 0 aliphatic rings. The van der Waals surface area contributed by atoms with Gasteiger partial charge in [-0.25, -0.2) is 9.67 Å². The number of para-hydroxylation sites is 3. The highest BCUT2D eigenvalue weighted by Crippen LogP contribution is 2.28. The molecule has 148 valence electrons. The van der Waals surface area contributed by atoms with Crippen molar-refractivity contribution < 1.29 is 0 Å². The first-order valence-electron chi connectivity index (χ1n) is 9.69. The second-order valence-electron chi connectivity index (χ2n) is 6.99. The van der Waals surface area contributed by atoms with Crippen molar-refractivity contribution in [2.45, 2.75) is 0 Å². The molecule has 1 N–H and O–H groups in total. The lowest BCUT2D eigenvalue weighted by Crippen LogP contribution is -1.93. The van der Waals surface area contributed by atoms with E-state index < -0.39 is 0 Å². The zero-order valence-corrected chi connectivity index (χ0v) is 17.1. The van der Waals surface area contributed by atoms with Gasteiger partial charge in [0.15, 0.2) is 0 Å². The molecular formula is C25H16ClN5. The summed E-state index contributed by atoms with van der Waals surface area (Å²) >= 11 is 6.07. The summed E-state index contributed by atoms with van der Waals surface area (Å²) in [5.41, 5.74) is 5.53. The normalized spacial score (nSPS) is 11.5. The summed E-state index contributed by atoms with van der Waals surface area (Å²) in [7, 11) is 0. The largest absolute Gasteiger partial charge is 0.337 e. The third-order valence-corrected chi connectivity index (χ3v) is 5.20. The molecule has 2 heterocycles. The maximum absolute atomic E-state index is 9.86. The smallest absolute Gasteiger partial charge is 0.149 e. The van der Waals surface area contributed by atoms with Crippen molar-refractivity contribution in [3.63, 3.8) is 0 Å². The summed E-state index contributed by atoms with van der Waals surface area (Å²) in [6.45, 7) is 0. The quantitative estimate of drug-likeness (QED) is 0.354. The van der Waals surface area contributed by atoms with Gasteiger partial charge in [-0.1, -0.05) is 54.1 Å². The highest BCUT2D eigenvalue weighted by molar-refractivity contribution is 6.30. The van der Waals surface area contributed by atoms with Crippen molar-refractivity contribution in [3.05, 3.63) is 101 Å². The first kappa shape index (κ1) is 18.9. The van der Waals surface area contributed by atoms with Crippen molar-refractivity contribution in [1.29, 1.82) is 5.26 Å². The van der Waals surface area contributed by atoms with E-state index in [0.29, 0.717) is 16.4 Å². The van der Waals surface area contributed by atoms with Gasteiger partial charge in [-0.15, -0.1) is 0 Å². The minimum Gasteiger partial charge on any atom is -0.337 e. The van der Waals surface area contributed by atoms with Crippen molar-refractivity contribution >= 4 is 34.3 Å². The van der Waals surface area contributed by atoms with Gasteiger partial charge in [-0.3, -0.25) is 0 Å². The molecule has 2 aromatic heterocycles.